The van der Waals surface area contributed by atoms with Crippen molar-refractivity contribution in [2.24, 2.45) is 0 Å². The fourth-order valence-electron chi connectivity index (χ4n) is 0.366. The summed E-state index contributed by atoms with van der Waals surface area (Å²) in [5.41, 5.74) is 0. The first-order valence-corrected chi connectivity index (χ1v) is 3.06. The Balaban J connectivity index is 0.000000183. The molecule has 1 aromatic rings. The molecule has 0 fully saturated rings. The number of aromatic nitrogens is 2. The van der Waals surface area contributed by atoms with Crippen molar-refractivity contribution in [1.29, 1.82) is 0 Å². The lowest BCUT2D eigenvalue weighted by molar-refractivity contribution is -0.135. The van der Waals surface area contributed by atoms with Gasteiger partial charge in [0.15, 0.2) is 0 Å². The van der Waals surface area contributed by atoms with E-state index in [1.54, 1.807) is 25.8 Å². The normalized spacial score (nSPS) is 8.09. The Kier molecular flexibility index (Phi) is 5.92. The monoisotopic (exact) mass is 157 g/mol. The Morgan fingerprint density at radius 2 is 2.55 bits per heavy atom. The number of hydrogen-bond acceptors (Lipinski definition) is 3. The number of carbonyl (C=O) groups is 1. The molecule has 62 valence electrons. The molecular formula is C6H11N3O2. The third-order valence-corrected chi connectivity index (χ3v) is 0.734. The van der Waals surface area contributed by atoms with Crippen LogP contribution in [0.5, 0.6) is 0 Å². The minimum atomic E-state index is -0.822. The van der Waals surface area contributed by atoms with E-state index < -0.39 is 5.97 Å². The molecule has 5 heteroatoms. The summed E-state index contributed by atoms with van der Waals surface area (Å²) in [6.45, 7) is 0.0417. The van der Waals surface area contributed by atoms with E-state index in [0.717, 1.165) is 0 Å². The number of H-pyrrole nitrogens is 1. The van der Waals surface area contributed by atoms with Gasteiger partial charge in [0.2, 0.25) is 0 Å². The van der Waals surface area contributed by atoms with Crippen molar-refractivity contribution in [3.05, 3.63) is 18.7 Å². The fraction of sp³-hybridized carbons (Fsp3) is 0.333. The molecule has 0 spiro atoms. The van der Waals surface area contributed by atoms with Crippen molar-refractivity contribution in [1.82, 2.24) is 15.3 Å². The molecule has 0 saturated carbocycles. The number of carboxylic acids is 1. The molecule has 1 rings (SSSR count). The van der Waals surface area contributed by atoms with E-state index in [-0.39, 0.29) is 6.54 Å². The highest BCUT2D eigenvalue weighted by atomic mass is 16.4. The molecule has 5 nitrogen and oxygen atoms in total. The van der Waals surface area contributed by atoms with Crippen LogP contribution in [0.2, 0.25) is 0 Å². The molecule has 1 aromatic heterocycles. The zero-order valence-electron chi connectivity index (χ0n) is 6.24. The molecule has 11 heavy (non-hydrogen) atoms. The van der Waals surface area contributed by atoms with Crippen molar-refractivity contribution in [3.8, 4) is 0 Å². The Bertz CT molecular complexity index is 157. The summed E-state index contributed by atoms with van der Waals surface area (Å²) in [4.78, 5) is 16.0. The number of likely N-dealkylation sites (N-methyl/N-ethyl adjacent to an activating group) is 1. The van der Waals surface area contributed by atoms with Crippen LogP contribution in [0.15, 0.2) is 18.7 Å². The van der Waals surface area contributed by atoms with E-state index in [2.05, 4.69) is 15.3 Å². The van der Waals surface area contributed by atoms with Crippen LogP contribution in [0.1, 0.15) is 0 Å². The van der Waals surface area contributed by atoms with Gasteiger partial charge in [-0.1, -0.05) is 0 Å². The van der Waals surface area contributed by atoms with E-state index in [4.69, 9.17) is 5.11 Å². The first-order valence-electron chi connectivity index (χ1n) is 3.06. The van der Waals surface area contributed by atoms with Gasteiger partial charge in [-0.15, -0.1) is 0 Å². The zero-order chi connectivity index (χ0) is 8.53. The van der Waals surface area contributed by atoms with Gasteiger partial charge in [-0.05, 0) is 7.05 Å². The number of imidazole rings is 1. The summed E-state index contributed by atoms with van der Waals surface area (Å²) in [7, 11) is 1.59. The Labute approximate surface area is 64.5 Å². The lowest BCUT2D eigenvalue weighted by Crippen LogP contribution is -2.16. The topological polar surface area (TPSA) is 78.0 Å². The van der Waals surface area contributed by atoms with Crippen LogP contribution >= 0.6 is 0 Å². The molecule has 1 heterocycles. The van der Waals surface area contributed by atoms with E-state index >= 15 is 0 Å². The molecule has 0 amide bonds. The van der Waals surface area contributed by atoms with Crippen molar-refractivity contribution >= 4 is 5.97 Å². The number of rotatable bonds is 2. The van der Waals surface area contributed by atoms with Crippen LogP contribution in [0.4, 0.5) is 0 Å². The van der Waals surface area contributed by atoms with Crippen molar-refractivity contribution < 1.29 is 9.90 Å². The maximum Gasteiger partial charge on any atom is 0.317 e. The standard InChI is InChI=1S/C3H4N2.C3H7NO2/c1-2-5-3-4-1;1-4-2-3(5)6/h1-3H,(H,4,5);4H,2H2,1H3,(H,5,6). The van der Waals surface area contributed by atoms with Crippen LogP contribution in [0.25, 0.3) is 0 Å². The van der Waals surface area contributed by atoms with Crippen molar-refractivity contribution in [3.63, 3.8) is 0 Å². The van der Waals surface area contributed by atoms with Crippen LogP contribution in [0, 0.1) is 0 Å². The van der Waals surface area contributed by atoms with Crippen molar-refractivity contribution in [2.45, 2.75) is 0 Å². The van der Waals surface area contributed by atoms with Crippen molar-refractivity contribution in [2.75, 3.05) is 13.6 Å². The Hall–Kier alpha value is -1.36. The van der Waals surface area contributed by atoms with Gasteiger partial charge in [-0.3, -0.25) is 4.79 Å². The molecule has 0 atom stereocenters. The smallest absolute Gasteiger partial charge is 0.317 e. The van der Waals surface area contributed by atoms with Gasteiger partial charge in [0.25, 0.3) is 0 Å². The van der Waals surface area contributed by atoms with Gasteiger partial charge in [0, 0.05) is 12.4 Å². The Morgan fingerprint density at radius 1 is 1.82 bits per heavy atom. The maximum absolute atomic E-state index is 9.54. The van der Waals surface area contributed by atoms with Gasteiger partial charge < -0.3 is 15.4 Å². The average Bonchev–Trinajstić information content (AvgIpc) is 2.41. The zero-order valence-corrected chi connectivity index (χ0v) is 6.24. The summed E-state index contributed by atoms with van der Waals surface area (Å²) < 4.78 is 0. The summed E-state index contributed by atoms with van der Waals surface area (Å²) >= 11 is 0. The molecule has 0 unspecified atom stereocenters. The van der Waals surface area contributed by atoms with E-state index in [1.165, 1.54) is 0 Å². The second kappa shape index (κ2) is 6.76. The Morgan fingerprint density at radius 3 is 2.64 bits per heavy atom. The molecular weight excluding hydrogens is 146 g/mol. The number of nitrogens with one attached hydrogen (secondary N) is 2. The third kappa shape index (κ3) is 8.64. The van der Waals surface area contributed by atoms with Gasteiger partial charge in [-0.25, -0.2) is 4.98 Å². The predicted molar refractivity (Wildman–Crippen MR) is 40.2 cm³/mol. The second-order valence-electron chi connectivity index (χ2n) is 1.68. The fourth-order valence-corrected chi connectivity index (χ4v) is 0.366. The van der Waals surface area contributed by atoms with E-state index in [1.807, 2.05) is 0 Å². The highest BCUT2D eigenvalue weighted by Gasteiger charge is 1.86. The number of aromatic amines is 1. The van der Waals surface area contributed by atoms with E-state index in [0.29, 0.717) is 0 Å². The first-order chi connectivity index (χ1) is 5.27. The summed E-state index contributed by atoms with van der Waals surface area (Å²) in [5.74, 6) is -0.822. The summed E-state index contributed by atoms with van der Waals surface area (Å²) in [6, 6.07) is 0. The number of nitrogens with zero attached hydrogens (tertiary/aromatic N) is 1. The minimum Gasteiger partial charge on any atom is -0.480 e. The highest BCUT2D eigenvalue weighted by Crippen LogP contribution is 1.62. The molecule has 0 saturated heterocycles. The molecule has 0 aliphatic heterocycles. The molecule has 0 radical (unpaired) electrons. The molecule has 0 bridgehead atoms. The predicted octanol–water partition coefficient (Wildman–Crippen LogP) is -0.300. The molecule has 0 aliphatic carbocycles. The number of carboxylic acid groups (broad SMARTS) is 1. The van der Waals surface area contributed by atoms with Crippen LogP contribution in [-0.2, 0) is 4.79 Å². The first kappa shape index (κ1) is 9.64. The molecule has 3 N–H and O–H groups in total. The average molecular weight is 157 g/mol. The van der Waals surface area contributed by atoms with Gasteiger partial charge in [0.05, 0.1) is 12.9 Å². The van der Waals surface area contributed by atoms with Gasteiger partial charge in [0.1, 0.15) is 0 Å². The van der Waals surface area contributed by atoms with Crippen LogP contribution < -0.4 is 5.32 Å². The number of hydrogen-bond donors (Lipinski definition) is 3. The lowest BCUT2D eigenvalue weighted by Gasteiger charge is -1.84. The van der Waals surface area contributed by atoms with E-state index in [9.17, 15) is 4.79 Å². The van der Waals surface area contributed by atoms with Crippen LogP contribution in [0.3, 0.4) is 0 Å². The summed E-state index contributed by atoms with van der Waals surface area (Å²) in [6.07, 6.45) is 5.08. The largest absolute Gasteiger partial charge is 0.480 e. The van der Waals surface area contributed by atoms with Gasteiger partial charge in [-0.2, -0.15) is 0 Å². The SMILES string of the molecule is CNCC(=O)O.c1c[nH]cn1. The van der Waals surface area contributed by atoms with Gasteiger partial charge >= 0.3 is 5.97 Å². The maximum atomic E-state index is 9.54. The summed E-state index contributed by atoms with van der Waals surface area (Å²) in [5, 5.41) is 10.3. The lowest BCUT2D eigenvalue weighted by atomic mass is 10.7. The van der Waals surface area contributed by atoms with Crippen LogP contribution in [-0.4, -0.2) is 34.6 Å². The number of aliphatic carboxylic acids is 1. The highest BCUT2D eigenvalue weighted by molar-refractivity contribution is 5.68. The second-order valence-corrected chi connectivity index (χ2v) is 1.68. The molecule has 0 aliphatic rings. The minimum absolute atomic E-state index is 0.0417. The molecule has 0 aromatic carbocycles. The third-order valence-electron chi connectivity index (χ3n) is 0.734. The quantitative estimate of drug-likeness (QED) is 0.550.